The molecule has 1 aromatic carbocycles. The van der Waals surface area contributed by atoms with Crippen molar-refractivity contribution in [1.82, 2.24) is 4.98 Å². The molecule has 0 fully saturated rings. The molecule has 2 rings (SSSR count). The lowest BCUT2D eigenvalue weighted by Crippen LogP contribution is -2.23. The molecule has 0 spiro atoms. The number of aliphatic carboxylic acids is 1. The molecule has 1 atom stereocenters. The van der Waals surface area contributed by atoms with E-state index in [0.717, 1.165) is 11.1 Å². The summed E-state index contributed by atoms with van der Waals surface area (Å²) in [7, 11) is 0. The number of rotatable bonds is 3. The van der Waals surface area contributed by atoms with Gasteiger partial charge in [0.2, 0.25) is 0 Å². The number of benzene rings is 1. The molecule has 0 aliphatic carbocycles. The molecule has 0 aliphatic rings. The van der Waals surface area contributed by atoms with Gasteiger partial charge in [0.05, 0.1) is 5.02 Å². The summed E-state index contributed by atoms with van der Waals surface area (Å²) in [6.45, 7) is 3.32. The van der Waals surface area contributed by atoms with E-state index in [1.54, 1.807) is 12.1 Å². The molecule has 2 aromatic rings. The maximum Gasteiger partial charge on any atom is 0.344 e. The molecule has 0 radical (unpaired) electrons. The summed E-state index contributed by atoms with van der Waals surface area (Å²) in [5.74, 6) is -0.598. The summed E-state index contributed by atoms with van der Waals surface area (Å²) in [6.07, 6.45) is -0.934. The predicted molar refractivity (Wildman–Crippen MR) is 69.2 cm³/mol. The van der Waals surface area contributed by atoms with Crippen LogP contribution in [0.3, 0.4) is 0 Å². The number of carboxylic acids is 1. The number of pyridine rings is 1. The Kier molecular flexibility index (Phi) is 3.39. The Labute approximate surface area is 109 Å². The minimum absolute atomic E-state index is 0.424. The monoisotopic (exact) mass is 265 g/mol. The largest absolute Gasteiger partial charge is 0.479 e. The van der Waals surface area contributed by atoms with Gasteiger partial charge in [-0.15, -0.1) is 0 Å². The van der Waals surface area contributed by atoms with Crippen molar-refractivity contribution in [2.24, 2.45) is 0 Å². The first-order valence-corrected chi connectivity index (χ1v) is 5.82. The van der Waals surface area contributed by atoms with E-state index < -0.39 is 12.1 Å². The molecule has 0 saturated heterocycles. The molecule has 1 N–H and O–H groups in total. The second-order valence-corrected chi connectivity index (χ2v) is 4.40. The SMILES string of the molecule is Cc1ccc2c(Cl)ccc(OC(C)C(=O)O)c2n1. The van der Waals surface area contributed by atoms with Gasteiger partial charge in [0.25, 0.3) is 0 Å². The van der Waals surface area contributed by atoms with Gasteiger partial charge in [-0.25, -0.2) is 9.78 Å². The summed E-state index contributed by atoms with van der Waals surface area (Å²) in [6, 6.07) is 7.00. The Balaban J connectivity index is 2.54. The first-order valence-electron chi connectivity index (χ1n) is 5.44. The fraction of sp³-hybridized carbons (Fsp3) is 0.231. The molecule has 0 saturated carbocycles. The van der Waals surface area contributed by atoms with E-state index in [0.29, 0.717) is 16.3 Å². The number of halogens is 1. The van der Waals surface area contributed by atoms with Gasteiger partial charge in [-0.05, 0) is 38.1 Å². The average molecular weight is 266 g/mol. The second-order valence-electron chi connectivity index (χ2n) is 3.99. The van der Waals surface area contributed by atoms with E-state index in [4.69, 9.17) is 21.4 Å². The molecule has 0 bridgehead atoms. The number of ether oxygens (including phenoxy) is 1. The van der Waals surface area contributed by atoms with E-state index in [2.05, 4.69) is 4.98 Å². The van der Waals surface area contributed by atoms with Crippen molar-refractivity contribution in [3.05, 3.63) is 35.0 Å². The van der Waals surface area contributed by atoms with Crippen molar-refractivity contribution < 1.29 is 14.6 Å². The summed E-state index contributed by atoms with van der Waals surface area (Å²) < 4.78 is 5.38. The van der Waals surface area contributed by atoms with Crippen molar-refractivity contribution in [3.63, 3.8) is 0 Å². The summed E-state index contributed by atoms with van der Waals surface area (Å²) in [5, 5.41) is 10.2. The Bertz CT molecular complexity index is 612. The van der Waals surface area contributed by atoms with Crippen LogP contribution in [0.15, 0.2) is 24.3 Å². The van der Waals surface area contributed by atoms with Gasteiger partial charge >= 0.3 is 5.97 Å². The Morgan fingerprint density at radius 1 is 1.39 bits per heavy atom. The van der Waals surface area contributed by atoms with Gasteiger partial charge in [0, 0.05) is 11.1 Å². The molecule has 0 amide bonds. The second kappa shape index (κ2) is 4.82. The van der Waals surface area contributed by atoms with Gasteiger partial charge in [-0.3, -0.25) is 0 Å². The van der Waals surface area contributed by atoms with Crippen molar-refractivity contribution in [3.8, 4) is 5.75 Å². The zero-order chi connectivity index (χ0) is 13.3. The normalized spacial score (nSPS) is 12.4. The third kappa shape index (κ3) is 2.38. The van der Waals surface area contributed by atoms with Crippen molar-refractivity contribution in [2.75, 3.05) is 0 Å². The zero-order valence-corrected chi connectivity index (χ0v) is 10.7. The van der Waals surface area contributed by atoms with E-state index in [1.807, 2.05) is 19.1 Å². The highest BCUT2D eigenvalue weighted by Gasteiger charge is 2.15. The number of hydrogen-bond donors (Lipinski definition) is 1. The average Bonchev–Trinajstić information content (AvgIpc) is 2.32. The quantitative estimate of drug-likeness (QED) is 0.927. The Morgan fingerprint density at radius 2 is 2.11 bits per heavy atom. The molecule has 1 unspecified atom stereocenters. The first kappa shape index (κ1) is 12.6. The number of carbonyl (C=O) groups is 1. The molecule has 4 nitrogen and oxygen atoms in total. The molecule has 1 aromatic heterocycles. The van der Waals surface area contributed by atoms with Crippen LogP contribution in [0.25, 0.3) is 10.9 Å². The maximum absolute atomic E-state index is 10.8. The third-order valence-corrected chi connectivity index (χ3v) is 2.89. The molecule has 94 valence electrons. The Morgan fingerprint density at radius 3 is 2.78 bits per heavy atom. The summed E-state index contributed by atoms with van der Waals surface area (Å²) in [5.41, 5.74) is 1.40. The highest BCUT2D eigenvalue weighted by Crippen LogP contribution is 2.30. The highest BCUT2D eigenvalue weighted by molar-refractivity contribution is 6.35. The van der Waals surface area contributed by atoms with Crippen LogP contribution in [0.2, 0.25) is 5.02 Å². The predicted octanol–water partition coefficient (Wildman–Crippen LogP) is 3.05. The minimum Gasteiger partial charge on any atom is -0.479 e. The van der Waals surface area contributed by atoms with Crippen LogP contribution in [0.4, 0.5) is 0 Å². The highest BCUT2D eigenvalue weighted by atomic mass is 35.5. The number of carboxylic acid groups (broad SMARTS) is 1. The van der Waals surface area contributed by atoms with E-state index in [-0.39, 0.29) is 0 Å². The lowest BCUT2D eigenvalue weighted by molar-refractivity contribution is -0.144. The van der Waals surface area contributed by atoms with Crippen LogP contribution in [0.1, 0.15) is 12.6 Å². The number of nitrogens with zero attached hydrogens (tertiary/aromatic N) is 1. The fourth-order valence-electron chi connectivity index (χ4n) is 1.59. The minimum atomic E-state index is -1.02. The first-order chi connectivity index (χ1) is 8.49. The molecule has 18 heavy (non-hydrogen) atoms. The van der Waals surface area contributed by atoms with E-state index in [1.165, 1.54) is 6.92 Å². The smallest absolute Gasteiger partial charge is 0.344 e. The lowest BCUT2D eigenvalue weighted by atomic mass is 10.2. The van der Waals surface area contributed by atoms with Crippen LogP contribution < -0.4 is 4.74 Å². The lowest BCUT2D eigenvalue weighted by Gasteiger charge is -2.13. The topological polar surface area (TPSA) is 59.4 Å². The van der Waals surface area contributed by atoms with E-state index >= 15 is 0 Å². The van der Waals surface area contributed by atoms with Crippen molar-refractivity contribution in [1.29, 1.82) is 0 Å². The maximum atomic E-state index is 10.8. The van der Waals surface area contributed by atoms with Crippen LogP contribution in [-0.4, -0.2) is 22.2 Å². The fourth-order valence-corrected chi connectivity index (χ4v) is 1.81. The summed E-state index contributed by atoms with van der Waals surface area (Å²) in [4.78, 5) is 15.1. The number of aromatic nitrogens is 1. The van der Waals surface area contributed by atoms with Crippen LogP contribution in [0, 0.1) is 6.92 Å². The van der Waals surface area contributed by atoms with E-state index in [9.17, 15) is 4.79 Å². The van der Waals surface area contributed by atoms with Crippen LogP contribution in [-0.2, 0) is 4.79 Å². The van der Waals surface area contributed by atoms with Crippen LogP contribution in [0.5, 0.6) is 5.75 Å². The van der Waals surface area contributed by atoms with Crippen LogP contribution >= 0.6 is 11.6 Å². The molecule has 1 heterocycles. The summed E-state index contributed by atoms with van der Waals surface area (Å²) >= 11 is 6.07. The zero-order valence-electron chi connectivity index (χ0n) is 9.98. The molecular weight excluding hydrogens is 254 g/mol. The van der Waals surface area contributed by atoms with Gasteiger partial charge < -0.3 is 9.84 Å². The van der Waals surface area contributed by atoms with Gasteiger partial charge in [-0.1, -0.05) is 11.6 Å². The standard InChI is InChI=1S/C13H12ClNO3/c1-7-3-4-9-10(14)5-6-11(12(9)15-7)18-8(2)13(16)17/h3-6,8H,1-2H3,(H,16,17). The third-order valence-electron chi connectivity index (χ3n) is 2.56. The Hall–Kier alpha value is -1.81. The van der Waals surface area contributed by atoms with Gasteiger partial charge in [-0.2, -0.15) is 0 Å². The van der Waals surface area contributed by atoms with Crippen molar-refractivity contribution >= 4 is 28.5 Å². The number of aryl methyl sites for hydroxylation is 1. The molecule has 5 heteroatoms. The van der Waals surface area contributed by atoms with Gasteiger partial charge in [0.15, 0.2) is 6.10 Å². The number of fused-ring (bicyclic) bond motifs is 1. The van der Waals surface area contributed by atoms with Crippen molar-refractivity contribution in [2.45, 2.75) is 20.0 Å². The number of hydrogen-bond acceptors (Lipinski definition) is 3. The molecule has 0 aliphatic heterocycles. The van der Waals surface area contributed by atoms with Gasteiger partial charge in [0.1, 0.15) is 11.3 Å². The molecular formula is C13H12ClNO3.